The van der Waals surface area contributed by atoms with Crippen molar-refractivity contribution in [3.63, 3.8) is 0 Å². The number of rotatable bonds is 29. The Bertz CT molecular complexity index is 944. The van der Waals surface area contributed by atoms with Crippen LogP contribution in [0.25, 0.3) is 0 Å². The summed E-state index contributed by atoms with van der Waals surface area (Å²) in [5, 5.41) is 39.8. The minimum absolute atomic E-state index is 0.212. The van der Waals surface area contributed by atoms with E-state index in [9.17, 15) is 30.0 Å². The van der Waals surface area contributed by atoms with Crippen LogP contribution in [0.3, 0.4) is 0 Å². The standard InChI is InChI=1S/C39H66O10/c1-3-5-7-9-11-13-14-15-16-17-18-20-21-23-25-27-34(41)46-30-32(31-47-39-38(45)37(44)36(43)33(29-40)49-39)48-35(42)28-26-24-22-19-12-10-8-6-4-2/h5-8,11,13,15-16,32-33,36-40,43-45H,3-4,9-10,12,14,17-31H2,1-2H3/b7-5+,8-6+,13-11-,16-15-/t32-,33-,36+,37+,38-,39-/m1/s1. The second kappa shape index (κ2) is 30.5. The monoisotopic (exact) mass is 694 g/mol. The fourth-order valence-corrected chi connectivity index (χ4v) is 5.26. The summed E-state index contributed by atoms with van der Waals surface area (Å²) in [5.74, 6) is -0.848. The van der Waals surface area contributed by atoms with E-state index in [-0.39, 0.29) is 26.1 Å². The van der Waals surface area contributed by atoms with Crippen molar-refractivity contribution in [2.75, 3.05) is 19.8 Å². The maximum Gasteiger partial charge on any atom is 0.306 e. The second-order valence-electron chi connectivity index (χ2n) is 12.6. The van der Waals surface area contributed by atoms with Gasteiger partial charge in [-0.25, -0.2) is 0 Å². The van der Waals surface area contributed by atoms with Gasteiger partial charge in [-0.05, 0) is 64.2 Å². The summed E-state index contributed by atoms with van der Waals surface area (Å²) >= 11 is 0. The second-order valence-corrected chi connectivity index (χ2v) is 12.6. The maximum absolute atomic E-state index is 12.6. The first kappa shape index (κ1) is 44.7. The van der Waals surface area contributed by atoms with Crippen molar-refractivity contribution in [3.8, 4) is 0 Å². The molecule has 1 heterocycles. The largest absolute Gasteiger partial charge is 0.462 e. The molecule has 0 aromatic rings. The molecule has 1 rings (SSSR count). The van der Waals surface area contributed by atoms with Crippen molar-refractivity contribution in [1.82, 2.24) is 0 Å². The summed E-state index contributed by atoms with van der Waals surface area (Å²) in [6.45, 7) is 3.14. The zero-order chi connectivity index (χ0) is 36.0. The highest BCUT2D eigenvalue weighted by Gasteiger charge is 2.44. The lowest BCUT2D eigenvalue weighted by atomic mass is 9.99. The molecule has 0 saturated carbocycles. The Hall–Kier alpha value is -2.34. The number of aliphatic hydroxyl groups excluding tert-OH is 4. The molecule has 0 bridgehead atoms. The number of esters is 2. The van der Waals surface area contributed by atoms with Gasteiger partial charge in [0.25, 0.3) is 0 Å². The Labute approximate surface area is 295 Å². The van der Waals surface area contributed by atoms with E-state index in [2.05, 4.69) is 62.5 Å². The van der Waals surface area contributed by atoms with Gasteiger partial charge in [0.2, 0.25) is 0 Å². The third-order valence-corrected chi connectivity index (χ3v) is 8.21. The average Bonchev–Trinajstić information content (AvgIpc) is 3.10. The highest BCUT2D eigenvalue weighted by Crippen LogP contribution is 2.22. The molecule has 10 heteroatoms. The molecule has 4 N–H and O–H groups in total. The van der Waals surface area contributed by atoms with Crippen LogP contribution in [0.2, 0.25) is 0 Å². The maximum atomic E-state index is 12.6. The number of carbonyl (C=O) groups is 2. The highest BCUT2D eigenvalue weighted by atomic mass is 16.7. The molecule has 1 aliphatic heterocycles. The Morgan fingerprint density at radius 2 is 1.14 bits per heavy atom. The molecule has 10 nitrogen and oxygen atoms in total. The Morgan fingerprint density at radius 3 is 1.76 bits per heavy atom. The van der Waals surface area contributed by atoms with Crippen molar-refractivity contribution in [2.24, 2.45) is 0 Å². The van der Waals surface area contributed by atoms with Gasteiger partial charge in [-0.3, -0.25) is 9.59 Å². The molecule has 0 aromatic carbocycles. The predicted molar refractivity (Wildman–Crippen MR) is 192 cm³/mol. The van der Waals surface area contributed by atoms with Crippen molar-refractivity contribution < 1.29 is 49.0 Å². The fraction of sp³-hybridized carbons (Fsp3) is 0.744. The number of ether oxygens (including phenoxy) is 4. The summed E-state index contributed by atoms with van der Waals surface area (Å²) in [6, 6.07) is 0. The van der Waals surface area contributed by atoms with Gasteiger partial charge in [-0.2, -0.15) is 0 Å². The minimum Gasteiger partial charge on any atom is -0.462 e. The molecule has 0 spiro atoms. The molecule has 0 aromatic heterocycles. The molecule has 0 aliphatic carbocycles. The molecule has 282 valence electrons. The smallest absolute Gasteiger partial charge is 0.306 e. The number of hydrogen-bond donors (Lipinski definition) is 4. The van der Waals surface area contributed by atoms with Crippen LogP contribution in [0.4, 0.5) is 0 Å². The van der Waals surface area contributed by atoms with Gasteiger partial charge in [-0.1, -0.05) is 101 Å². The molecule has 1 aliphatic rings. The Balaban J connectivity index is 2.40. The summed E-state index contributed by atoms with van der Waals surface area (Å²) in [4.78, 5) is 25.1. The minimum atomic E-state index is -1.60. The van der Waals surface area contributed by atoms with Crippen LogP contribution < -0.4 is 0 Å². The molecular weight excluding hydrogens is 628 g/mol. The topological polar surface area (TPSA) is 152 Å². The lowest BCUT2D eigenvalue weighted by molar-refractivity contribution is -0.305. The third kappa shape index (κ3) is 22.9. The van der Waals surface area contributed by atoms with E-state index in [0.29, 0.717) is 12.8 Å². The van der Waals surface area contributed by atoms with Crippen LogP contribution in [-0.4, -0.2) is 89.0 Å². The van der Waals surface area contributed by atoms with Gasteiger partial charge in [0, 0.05) is 12.8 Å². The van der Waals surface area contributed by atoms with Gasteiger partial charge in [0.05, 0.1) is 13.2 Å². The predicted octanol–water partition coefficient (Wildman–Crippen LogP) is 6.54. The molecule has 0 unspecified atom stereocenters. The van der Waals surface area contributed by atoms with E-state index in [4.69, 9.17) is 18.9 Å². The number of aliphatic hydroxyl groups is 4. The van der Waals surface area contributed by atoms with Crippen LogP contribution in [0.5, 0.6) is 0 Å². The molecule has 1 saturated heterocycles. The van der Waals surface area contributed by atoms with Crippen LogP contribution in [0, 0.1) is 0 Å². The van der Waals surface area contributed by atoms with Gasteiger partial charge < -0.3 is 39.4 Å². The van der Waals surface area contributed by atoms with Crippen LogP contribution in [-0.2, 0) is 28.5 Å². The Morgan fingerprint density at radius 1 is 0.633 bits per heavy atom. The Kier molecular flexibility index (Phi) is 27.8. The van der Waals surface area contributed by atoms with Gasteiger partial charge in [-0.15, -0.1) is 0 Å². The summed E-state index contributed by atoms with van der Waals surface area (Å²) in [6.07, 6.45) is 25.7. The normalized spacial score (nSPS) is 22.1. The molecule has 49 heavy (non-hydrogen) atoms. The number of hydrogen-bond acceptors (Lipinski definition) is 10. The van der Waals surface area contributed by atoms with E-state index in [1.54, 1.807) is 0 Å². The zero-order valence-corrected chi connectivity index (χ0v) is 30.2. The van der Waals surface area contributed by atoms with Crippen molar-refractivity contribution >= 4 is 11.9 Å². The van der Waals surface area contributed by atoms with E-state index in [0.717, 1.165) is 89.9 Å². The fourth-order valence-electron chi connectivity index (χ4n) is 5.26. The molecule has 6 atom stereocenters. The quantitative estimate of drug-likeness (QED) is 0.0386. The molecule has 0 radical (unpaired) electrons. The SMILES string of the molecule is CC/C=C/C/C=C\C/C=C\CCCCCCCC(=O)OC[C@H](CO[C@@H]1O[C@H](CO)[C@H](O)[C@H](O)[C@H]1O)OC(=O)CCCCCCC/C=C/CC. The zero-order valence-electron chi connectivity index (χ0n) is 30.2. The van der Waals surface area contributed by atoms with Gasteiger partial charge >= 0.3 is 11.9 Å². The third-order valence-electron chi connectivity index (χ3n) is 8.21. The number of carbonyl (C=O) groups excluding carboxylic acids is 2. The average molecular weight is 695 g/mol. The first-order valence-corrected chi connectivity index (χ1v) is 18.7. The molecular formula is C39H66O10. The van der Waals surface area contributed by atoms with Gasteiger partial charge in [0.1, 0.15) is 31.0 Å². The first-order valence-electron chi connectivity index (χ1n) is 18.7. The van der Waals surface area contributed by atoms with E-state index in [1.807, 2.05) is 0 Å². The van der Waals surface area contributed by atoms with Crippen LogP contribution >= 0.6 is 0 Å². The summed E-state index contributed by atoms with van der Waals surface area (Å²) in [7, 11) is 0. The highest BCUT2D eigenvalue weighted by molar-refractivity contribution is 5.70. The van der Waals surface area contributed by atoms with Crippen LogP contribution in [0.15, 0.2) is 48.6 Å². The van der Waals surface area contributed by atoms with Crippen molar-refractivity contribution in [2.45, 2.75) is 166 Å². The van der Waals surface area contributed by atoms with E-state index < -0.39 is 55.4 Å². The van der Waals surface area contributed by atoms with E-state index in [1.165, 1.54) is 0 Å². The molecule has 0 amide bonds. The number of allylic oxidation sites excluding steroid dienone is 8. The lowest BCUT2D eigenvalue weighted by Crippen LogP contribution is -2.59. The molecule has 1 fully saturated rings. The van der Waals surface area contributed by atoms with Crippen LogP contribution in [0.1, 0.15) is 129 Å². The van der Waals surface area contributed by atoms with E-state index >= 15 is 0 Å². The van der Waals surface area contributed by atoms with Crippen molar-refractivity contribution in [3.05, 3.63) is 48.6 Å². The summed E-state index contributed by atoms with van der Waals surface area (Å²) in [5.41, 5.74) is 0. The lowest BCUT2D eigenvalue weighted by Gasteiger charge is -2.39. The summed E-state index contributed by atoms with van der Waals surface area (Å²) < 4.78 is 22.0. The first-order chi connectivity index (χ1) is 23.8. The number of unbranched alkanes of at least 4 members (excludes halogenated alkanes) is 10. The van der Waals surface area contributed by atoms with Gasteiger partial charge in [0.15, 0.2) is 12.4 Å². The van der Waals surface area contributed by atoms with Crippen molar-refractivity contribution in [1.29, 1.82) is 0 Å².